The number of carbonyl (C=O) groups is 1. The van der Waals surface area contributed by atoms with E-state index in [1.165, 1.54) is 12.6 Å². The summed E-state index contributed by atoms with van der Waals surface area (Å²) in [6.45, 7) is 2.22. The number of nitrogens with zero attached hydrogens (tertiary/aromatic N) is 1. The van der Waals surface area contributed by atoms with Crippen LogP contribution in [-0.2, 0) is 6.61 Å². The van der Waals surface area contributed by atoms with Crippen LogP contribution in [0.4, 0.5) is 10.5 Å². The quantitative estimate of drug-likeness (QED) is 0.441. The molecule has 2 aromatic rings. The molecule has 0 atom stereocenters. The van der Waals surface area contributed by atoms with Crippen molar-refractivity contribution in [2.75, 3.05) is 12.4 Å². The molecule has 0 saturated heterocycles. The minimum Gasteiger partial charge on any atom is -0.508 e. The van der Waals surface area contributed by atoms with Gasteiger partial charge in [-0.1, -0.05) is 12.1 Å². The summed E-state index contributed by atoms with van der Waals surface area (Å²) in [5.41, 5.74) is 3.74. The van der Waals surface area contributed by atoms with E-state index in [0.717, 1.165) is 29.0 Å². The van der Waals surface area contributed by atoms with Gasteiger partial charge in [-0.05, 0) is 61.1 Å². The number of amides is 2. The predicted molar refractivity (Wildman–Crippen MR) is 96.6 cm³/mol. The molecule has 0 heterocycles. The van der Waals surface area contributed by atoms with Gasteiger partial charge in [0.1, 0.15) is 18.1 Å². The van der Waals surface area contributed by atoms with Gasteiger partial charge in [-0.25, -0.2) is 10.6 Å². The number of hydrogen-bond donors (Lipinski definition) is 3. The van der Waals surface area contributed by atoms with Crippen molar-refractivity contribution in [2.45, 2.75) is 32.3 Å². The predicted octanol–water partition coefficient (Wildman–Crippen LogP) is 3.49. The summed E-state index contributed by atoms with van der Waals surface area (Å²) < 4.78 is 5.97. The molecule has 0 unspecified atom stereocenters. The Bertz CT molecular complexity index is 785. The average Bonchev–Trinajstić information content (AvgIpc) is 3.39. The summed E-state index contributed by atoms with van der Waals surface area (Å²) in [6, 6.07) is 10.5. The van der Waals surface area contributed by atoms with Crippen molar-refractivity contribution in [3.63, 3.8) is 0 Å². The highest BCUT2D eigenvalue weighted by Gasteiger charge is 2.27. The van der Waals surface area contributed by atoms with Crippen molar-refractivity contribution in [2.24, 2.45) is 5.84 Å². The van der Waals surface area contributed by atoms with Crippen LogP contribution in [0.2, 0.25) is 0 Å². The van der Waals surface area contributed by atoms with Crippen molar-refractivity contribution in [1.29, 1.82) is 0 Å². The number of nitrogens with two attached hydrogens (primary N) is 1. The fourth-order valence-electron chi connectivity index (χ4n) is 2.81. The summed E-state index contributed by atoms with van der Waals surface area (Å²) in [6.07, 6.45) is 2.30. The molecule has 2 amide bonds. The molecule has 1 fully saturated rings. The Hall–Kier alpha value is -2.73. The Morgan fingerprint density at radius 1 is 1.36 bits per heavy atom. The Kier molecular flexibility index (Phi) is 4.81. The van der Waals surface area contributed by atoms with Crippen molar-refractivity contribution in [1.82, 2.24) is 5.01 Å². The lowest BCUT2D eigenvalue weighted by atomic mass is 10.0. The van der Waals surface area contributed by atoms with E-state index in [9.17, 15) is 9.90 Å². The maximum atomic E-state index is 11.9. The lowest BCUT2D eigenvalue weighted by Gasteiger charge is -2.18. The van der Waals surface area contributed by atoms with Gasteiger partial charge in [-0.2, -0.15) is 0 Å². The molecule has 0 radical (unpaired) electrons. The molecule has 6 nitrogen and oxygen atoms in total. The molecule has 2 aromatic carbocycles. The molecule has 1 aliphatic rings. The minimum absolute atomic E-state index is 0.210. The first-order valence-electron chi connectivity index (χ1n) is 8.29. The van der Waals surface area contributed by atoms with E-state index in [2.05, 4.69) is 11.4 Å². The van der Waals surface area contributed by atoms with Gasteiger partial charge in [-0.15, -0.1) is 0 Å². The highest BCUT2D eigenvalue weighted by molar-refractivity contribution is 5.89. The second-order valence-corrected chi connectivity index (χ2v) is 6.43. The Labute approximate surface area is 147 Å². The normalized spacial score (nSPS) is 13.4. The molecule has 1 saturated carbocycles. The number of benzene rings is 2. The first-order chi connectivity index (χ1) is 12.0. The monoisotopic (exact) mass is 341 g/mol. The zero-order chi connectivity index (χ0) is 18.0. The van der Waals surface area contributed by atoms with E-state index < -0.39 is 0 Å². The largest absolute Gasteiger partial charge is 0.508 e. The Morgan fingerprint density at radius 2 is 2.12 bits per heavy atom. The van der Waals surface area contributed by atoms with E-state index in [1.54, 1.807) is 18.2 Å². The van der Waals surface area contributed by atoms with Crippen molar-refractivity contribution < 1.29 is 14.6 Å². The number of phenols is 1. The van der Waals surface area contributed by atoms with E-state index in [4.69, 9.17) is 10.6 Å². The molecule has 0 aliphatic heterocycles. The van der Waals surface area contributed by atoms with Gasteiger partial charge in [-0.3, -0.25) is 5.01 Å². The van der Waals surface area contributed by atoms with Gasteiger partial charge in [0.05, 0.1) is 0 Å². The number of hydrogen-bond acceptors (Lipinski definition) is 4. The number of ether oxygens (including phenoxy) is 1. The number of anilines is 1. The molecule has 0 aromatic heterocycles. The average molecular weight is 341 g/mol. The summed E-state index contributed by atoms with van der Waals surface area (Å²) >= 11 is 0. The number of hydrazine groups is 1. The maximum absolute atomic E-state index is 11.9. The van der Waals surface area contributed by atoms with Gasteiger partial charge in [0.15, 0.2) is 0 Å². The van der Waals surface area contributed by atoms with Crippen LogP contribution in [-0.4, -0.2) is 23.2 Å². The zero-order valence-corrected chi connectivity index (χ0v) is 14.5. The molecule has 25 heavy (non-hydrogen) atoms. The molecular weight excluding hydrogens is 318 g/mol. The second-order valence-electron chi connectivity index (χ2n) is 6.43. The van der Waals surface area contributed by atoms with Crippen LogP contribution < -0.4 is 15.9 Å². The summed E-state index contributed by atoms with van der Waals surface area (Å²) in [5, 5.41) is 13.4. The second kappa shape index (κ2) is 7.03. The van der Waals surface area contributed by atoms with Crippen LogP contribution in [0.1, 0.15) is 35.4 Å². The maximum Gasteiger partial charge on any atom is 0.335 e. The standard InChI is InChI=1S/C19H23N3O3/c1-12-10-14(23)8-9-18(12)25-11-16-15(13-6-7-13)4-3-5-17(16)21-19(24)22(2)20/h3-5,8-10,13,23H,6-7,11,20H2,1-2H3,(H,21,24). The van der Waals surface area contributed by atoms with Crippen LogP contribution in [0, 0.1) is 6.92 Å². The number of aryl methyl sites for hydroxylation is 1. The number of aromatic hydroxyl groups is 1. The SMILES string of the molecule is Cc1cc(O)ccc1OCc1c(NC(=O)N(C)N)cccc1C1CC1. The summed E-state index contributed by atoms with van der Waals surface area (Å²) in [5.74, 6) is 6.95. The Morgan fingerprint density at radius 3 is 2.76 bits per heavy atom. The van der Waals surface area contributed by atoms with E-state index >= 15 is 0 Å². The molecule has 3 rings (SSSR count). The van der Waals surface area contributed by atoms with E-state index in [-0.39, 0.29) is 11.8 Å². The summed E-state index contributed by atoms with van der Waals surface area (Å²) in [7, 11) is 1.50. The number of phenolic OH excluding ortho intramolecular Hbond substituents is 1. The number of nitrogens with one attached hydrogen (secondary N) is 1. The van der Waals surface area contributed by atoms with Crippen molar-refractivity contribution in [3.8, 4) is 11.5 Å². The third-order valence-electron chi connectivity index (χ3n) is 4.32. The molecule has 6 heteroatoms. The van der Waals surface area contributed by atoms with E-state index in [0.29, 0.717) is 24.0 Å². The Balaban J connectivity index is 1.86. The first-order valence-corrected chi connectivity index (χ1v) is 8.29. The third kappa shape index (κ3) is 4.03. The van der Waals surface area contributed by atoms with Crippen LogP contribution >= 0.6 is 0 Å². The van der Waals surface area contributed by atoms with Crippen molar-refractivity contribution >= 4 is 11.7 Å². The number of rotatable bonds is 5. The molecule has 4 N–H and O–H groups in total. The summed E-state index contributed by atoms with van der Waals surface area (Å²) in [4.78, 5) is 11.9. The van der Waals surface area contributed by atoms with Gasteiger partial charge in [0.25, 0.3) is 0 Å². The smallest absolute Gasteiger partial charge is 0.335 e. The topological polar surface area (TPSA) is 87.8 Å². The van der Waals surface area contributed by atoms with Gasteiger partial charge in [0.2, 0.25) is 0 Å². The highest BCUT2D eigenvalue weighted by Crippen LogP contribution is 2.43. The van der Waals surface area contributed by atoms with Crippen LogP contribution in [0.5, 0.6) is 11.5 Å². The van der Waals surface area contributed by atoms with Crippen molar-refractivity contribution in [3.05, 3.63) is 53.1 Å². The molecular formula is C19H23N3O3. The van der Waals surface area contributed by atoms with Gasteiger partial charge >= 0.3 is 6.03 Å². The number of carbonyl (C=O) groups excluding carboxylic acids is 1. The van der Waals surface area contributed by atoms with Gasteiger partial charge < -0.3 is 15.2 Å². The fourth-order valence-corrected chi connectivity index (χ4v) is 2.81. The third-order valence-corrected chi connectivity index (χ3v) is 4.32. The molecule has 0 bridgehead atoms. The van der Waals surface area contributed by atoms with Crippen LogP contribution in [0.25, 0.3) is 0 Å². The fraction of sp³-hybridized carbons (Fsp3) is 0.316. The van der Waals surface area contributed by atoms with Gasteiger partial charge in [0, 0.05) is 18.3 Å². The lowest BCUT2D eigenvalue weighted by molar-refractivity contribution is 0.223. The molecule has 132 valence electrons. The molecule has 1 aliphatic carbocycles. The minimum atomic E-state index is -0.380. The van der Waals surface area contributed by atoms with Crippen LogP contribution in [0.15, 0.2) is 36.4 Å². The first kappa shape index (κ1) is 17.1. The van der Waals surface area contributed by atoms with Crippen LogP contribution in [0.3, 0.4) is 0 Å². The zero-order valence-electron chi connectivity index (χ0n) is 14.5. The highest BCUT2D eigenvalue weighted by atomic mass is 16.5. The lowest BCUT2D eigenvalue weighted by Crippen LogP contribution is -2.37. The number of urea groups is 1. The molecule has 0 spiro atoms. The van der Waals surface area contributed by atoms with E-state index in [1.807, 2.05) is 19.1 Å².